The minimum absolute atomic E-state index is 0.146. The molecule has 4 aliphatic rings. The van der Waals surface area contributed by atoms with E-state index in [1.165, 1.54) is 43.8 Å². The molecule has 3 heteroatoms. The van der Waals surface area contributed by atoms with Gasteiger partial charge in [-0.05, 0) is 80.8 Å². The second-order valence-electron chi connectivity index (χ2n) is 10.6. The molecule has 0 amide bonds. The van der Waals surface area contributed by atoms with Gasteiger partial charge in [0.1, 0.15) is 5.58 Å². The maximum Gasteiger partial charge on any atom is 0.344 e. The summed E-state index contributed by atoms with van der Waals surface area (Å²) in [5.74, 6) is 0. The summed E-state index contributed by atoms with van der Waals surface area (Å²) >= 11 is 0. The van der Waals surface area contributed by atoms with Crippen LogP contribution in [0, 0.1) is 0 Å². The highest BCUT2D eigenvalue weighted by molar-refractivity contribution is 6.05. The number of rotatable bonds is 1. The van der Waals surface area contributed by atoms with Crippen LogP contribution in [0.1, 0.15) is 25.0 Å². The van der Waals surface area contributed by atoms with E-state index in [4.69, 9.17) is 4.42 Å². The summed E-state index contributed by atoms with van der Waals surface area (Å²) in [5, 5.41) is 5.08. The van der Waals surface area contributed by atoms with Gasteiger partial charge in [0.2, 0.25) is 0 Å². The van der Waals surface area contributed by atoms with E-state index in [0.29, 0.717) is 11.0 Å². The lowest BCUT2D eigenvalue weighted by Gasteiger charge is -2.33. The minimum atomic E-state index is -0.311. The average Bonchev–Trinajstić information content (AvgIpc) is 3.47. The molecule has 176 valence electrons. The van der Waals surface area contributed by atoms with Crippen LogP contribution in [0.3, 0.4) is 0 Å². The van der Waals surface area contributed by atoms with Gasteiger partial charge in [0, 0.05) is 39.8 Å². The second-order valence-corrected chi connectivity index (χ2v) is 10.6. The molecule has 0 saturated carbocycles. The summed E-state index contributed by atoms with van der Waals surface area (Å²) in [6, 6.07) is 26.9. The van der Waals surface area contributed by atoms with E-state index >= 15 is 0 Å². The van der Waals surface area contributed by atoms with Gasteiger partial charge in [0.15, 0.2) is 0 Å². The molecule has 0 bridgehead atoms. The number of allylic oxidation sites excluding steroid dienone is 1. The van der Waals surface area contributed by atoms with Crippen LogP contribution in [0.2, 0.25) is 0 Å². The van der Waals surface area contributed by atoms with Gasteiger partial charge in [-0.3, -0.25) is 0 Å². The maximum absolute atomic E-state index is 12.8. The van der Waals surface area contributed by atoms with Crippen LogP contribution in [0.15, 0.2) is 106 Å². The predicted octanol–water partition coefficient (Wildman–Crippen LogP) is 6.16. The number of benzene rings is 3. The summed E-state index contributed by atoms with van der Waals surface area (Å²) in [5.41, 5.74) is 8.91. The Morgan fingerprint density at radius 1 is 0.811 bits per heavy atom. The molecule has 0 atom stereocenters. The van der Waals surface area contributed by atoms with Crippen molar-refractivity contribution in [1.82, 2.24) is 4.57 Å². The van der Waals surface area contributed by atoms with E-state index in [9.17, 15) is 4.79 Å². The minimum Gasteiger partial charge on any atom is -0.422 e. The highest BCUT2D eigenvalue weighted by Gasteiger charge is 2.38. The lowest BCUT2D eigenvalue weighted by Crippen LogP contribution is -2.31. The number of pyridine rings is 1. The number of hydrogen-bond donors (Lipinski definition) is 0. The van der Waals surface area contributed by atoms with Gasteiger partial charge >= 0.3 is 5.63 Å². The quantitative estimate of drug-likeness (QED) is 0.210. The fraction of sp³-hybridized carbons (Fsp3) is 0.0882. The lowest BCUT2D eigenvalue weighted by molar-refractivity contribution is 0.569. The molecule has 37 heavy (non-hydrogen) atoms. The third-order valence-corrected chi connectivity index (χ3v) is 8.15. The molecule has 0 saturated heterocycles. The van der Waals surface area contributed by atoms with Gasteiger partial charge in [-0.1, -0.05) is 62.4 Å². The van der Waals surface area contributed by atoms with Crippen LogP contribution in [0.4, 0.5) is 0 Å². The van der Waals surface area contributed by atoms with E-state index in [0.717, 1.165) is 16.5 Å². The highest BCUT2D eigenvalue weighted by Crippen LogP contribution is 2.50. The van der Waals surface area contributed by atoms with Crippen LogP contribution in [0.25, 0.3) is 56.3 Å². The molecule has 8 rings (SSSR count). The number of hydrogen-bond acceptors (Lipinski definition) is 2. The van der Waals surface area contributed by atoms with E-state index in [2.05, 4.69) is 85.4 Å². The third-order valence-electron chi connectivity index (χ3n) is 8.15. The number of aromatic nitrogens is 1. The molecule has 2 heterocycles. The Bertz CT molecular complexity index is 2140. The molecule has 0 spiro atoms. The van der Waals surface area contributed by atoms with E-state index in [-0.39, 0.29) is 11.0 Å². The van der Waals surface area contributed by atoms with Crippen molar-refractivity contribution < 1.29 is 4.42 Å². The number of fused-ring (bicyclic) bond motifs is 8. The van der Waals surface area contributed by atoms with E-state index < -0.39 is 0 Å². The van der Waals surface area contributed by atoms with Crippen molar-refractivity contribution in [2.24, 2.45) is 0 Å². The van der Waals surface area contributed by atoms with Crippen LogP contribution in [-0.4, -0.2) is 4.57 Å². The lowest BCUT2D eigenvalue weighted by atomic mass is 9.70. The highest BCUT2D eigenvalue weighted by atomic mass is 16.4. The van der Waals surface area contributed by atoms with Crippen molar-refractivity contribution in [3.8, 4) is 16.8 Å². The van der Waals surface area contributed by atoms with Gasteiger partial charge in [0.05, 0.1) is 5.39 Å². The molecule has 0 fully saturated rings. The molecule has 0 radical (unpaired) electrons. The Morgan fingerprint density at radius 2 is 1.65 bits per heavy atom. The van der Waals surface area contributed by atoms with E-state index in [1.54, 1.807) is 0 Å². The fourth-order valence-corrected chi connectivity index (χ4v) is 6.59. The molecule has 0 unspecified atom stereocenters. The maximum atomic E-state index is 12.8. The van der Waals surface area contributed by atoms with Gasteiger partial charge in [-0.2, -0.15) is 0 Å². The first-order valence-electron chi connectivity index (χ1n) is 12.6. The first-order valence-corrected chi connectivity index (χ1v) is 12.6. The van der Waals surface area contributed by atoms with Gasteiger partial charge in [-0.25, -0.2) is 4.79 Å². The Balaban J connectivity index is 1.35. The van der Waals surface area contributed by atoms with Gasteiger partial charge in [-0.15, -0.1) is 0 Å². The van der Waals surface area contributed by atoms with Crippen molar-refractivity contribution in [3.05, 3.63) is 129 Å². The number of para-hydroxylation sites is 1. The standard InChI is InChI=1S/C34H23NO2/c1-34(2)31-22(15-20-7-3-4-8-25(20)31)17-23-16-21-13-14-35(19-29(21)32(23)34)24-11-12-26-27-9-5-6-10-30(27)37-33(36)28(26)18-24/h3-19H,1-2H3. The van der Waals surface area contributed by atoms with Crippen molar-refractivity contribution >= 4 is 39.5 Å². The summed E-state index contributed by atoms with van der Waals surface area (Å²) in [6.45, 7) is 4.68. The van der Waals surface area contributed by atoms with Crippen molar-refractivity contribution in [3.63, 3.8) is 0 Å². The van der Waals surface area contributed by atoms with Crippen LogP contribution >= 0.6 is 0 Å². The first-order chi connectivity index (χ1) is 18.0. The first kappa shape index (κ1) is 20.6. The molecule has 3 aliphatic carbocycles. The zero-order valence-electron chi connectivity index (χ0n) is 20.6. The molecule has 3 aromatic carbocycles. The SMILES string of the molecule is CC1(C)C2=c3ccccc3=CC2=Cc2cc3ccn(-c4ccc5c(c4)c(=O)oc4ccccc45)cc-3c21. The van der Waals surface area contributed by atoms with Crippen LogP contribution in [0.5, 0.6) is 0 Å². The molecule has 1 aliphatic heterocycles. The van der Waals surface area contributed by atoms with Crippen molar-refractivity contribution in [2.75, 3.05) is 0 Å². The van der Waals surface area contributed by atoms with Crippen LogP contribution in [-0.2, 0) is 5.41 Å². The Morgan fingerprint density at radius 3 is 2.57 bits per heavy atom. The largest absolute Gasteiger partial charge is 0.422 e. The molecular weight excluding hydrogens is 454 g/mol. The monoisotopic (exact) mass is 477 g/mol. The Hall–Kier alpha value is -4.63. The summed E-state index contributed by atoms with van der Waals surface area (Å²) in [7, 11) is 0. The molecule has 3 nitrogen and oxygen atoms in total. The van der Waals surface area contributed by atoms with Crippen molar-refractivity contribution in [2.45, 2.75) is 19.3 Å². The summed E-state index contributed by atoms with van der Waals surface area (Å²) in [4.78, 5) is 12.8. The summed E-state index contributed by atoms with van der Waals surface area (Å²) in [6.07, 6.45) is 8.95. The Labute approximate surface area is 213 Å². The van der Waals surface area contributed by atoms with Gasteiger partial charge in [0.25, 0.3) is 0 Å². The van der Waals surface area contributed by atoms with Crippen LogP contribution < -0.4 is 16.1 Å². The zero-order valence-corrected chi connectivity index (χ0v) is 20.6. The molecule has 4 aromatic rings. The molecule has 0 N–H and O–H groups in total. The number of nitrogens with zero attached hydrogens (tertiary/aromatic N) is 1. The smallest absolute Gasteiger partial charge is 0.344 e. The average molecular weight is 478 g/mol. The Kier molecular flexibility index (Phi) is 3.88. The molecular formula is C34H23NO2. The summed E-state index contributed by atoms with van der Waals surface area (Å²) < 4.78 is 7.73. The van der Waals surface area contributed by atoms with Crippen molar-refractivity contribution in [1.29, 1.82) is 0 Å². The van der Waals surface area contributed by atoms with Gasteiger partial charge < -0.3 is 8.98 Å². The zero-order chi connectivity index (χ0) is 24.9. The predicted molar refractivity (Wildman–Crippen MR) is 151 cm³/mol. The second kappa shape index (κ2) is 6.98. The fourth-order valence-electron chi connectivity index (χ4n) is 6.59. The third kappa shape index (κ3) is 2.74. The molecule has 1 aromatic heterocycles. The normalized spacial score (nSPS) is 15.4. The van der Waals surface area contributed by atoms with E-state index in [1.807, 2.05) is 36.4 Å². The topological polar surface area (TPSA) is 35.1 Å².